The maximum Gasteiger partial charge on any atom is 0.323 e. The number of aromatic nitrogens is 2. The molecule has 9 atom stereocenters. The molecule has 2 heterocycles. The number of carbonyl (C=O) groups is 2. The average Bonchev–Trinajstić information content (AvgIpc) is 3.25. The summed E-state index contributed by atoms with van der Waals surface area (Å²) in [5.74, 6) is 2.35. The van der Waals surface area contributed by atoms with Crippen molar-refractivity contribution >= 4 is 11.9 Å². The van der Waals surface area contributed by atoms with Crippen LogP contribution in [0.2, 0.25) is 0 Å². The van der Waals surface area contributed by atoms with Crippen molar-refractivity contribution in [1.29, 1.82) is 5.26 Å². The molecular formula is C27H40N6O3. The van der Waals surface area contributed by atoms with Gasteiger partial charge in [0.05, 0.1) is 18.7 Å². The second-order valence-corrected chi connectivity index (χ2v) is 11.8. The maximum atomic E-state index is 13.7. The first kappa shape index (κ1) is 25.2. The molecule has 1 saturated heterocycles. The Morgan fingerprint density at radius 1 is 1.42 bits per heavy atom. The third-order valence-corrected chi connectivity index (χ3v) is 9.69. The first-order valence-electron chi connectivity index (χ1n) is 13.7. The smallest absolute Gasteiger partial charge is 0.323 e. The Bertz CT molecular complexity index is 992. The summed E-state index contributed by atoms with van der Waals surface area (Å²) in [6, 6.07) is 1.22. The zero-order chi connectivity index (χ0) is 25.4. The van der Waals surface area contributed by atoms with Gasteiger partial charge in [0.1, 0.15) is 17.9 Å². The largest absolute Gasteiger partial charge is 0.465 e. The molecule has 9 unspecified atom stereocenters. The molecule has 0 spiro atoms. The van der Waals surface area contributed by atoms with Crippen molar-refractivity contribution in [3.63, 3.8) is 0 Å². The lowest BCUT2D eigenvalue weighted by Gasteiger charge is -2.51. The van der Waals surface area contributed by atoms with Crippen LogP contribution in [-0.2, 0) is 20.7 Å². The van der Waals surface area contributed by atoms with Crippen LogP contribution < -0.4 is 11.1 Å². The summed E-state index contributed by atoms with van der Waals surface area (Å²) in [5.41, 5.74) is 6.60. The molecule has 1 aromatic rings. The van der Waals surface area contributed by atoms with Crippen LogP contribution in [0.15, 0.2) is 12.4 Å². The van der Waals surface area contributed by atoms with Gasteiger partial charge in [-0.05, 0) is 74.7 Å². The van der Waals surface area contributed by atoms with Gasteiger partial charge in [0.25, 0.3) is 0 Å². The Morgan fingerprint density at radius 2 is 2.25 bits per heavy atom. The molecule has 36 heavy (non-hydrogen) atoms. The molecule has 9 nitrogen and oxygen atoms in total. The van der Waals surface area contributed by atoms with Crippen LogP contribution in [0.5, 0.6) is 0 Å². The molecule has 4 fully saturated rings. The number of fused-ring (bicyclic) bond motifs is 3. The monoisotopic (exact) mass is 496 g/mol. The number of nitriles is 1. The van der Waals surface area contributed by atoms with E-state index in [4.69, 9.17) is 10.5 Å². The number of carbonyl (C=O) groups excluding carboxylic acids is 2. The number of nitrogens with one attached hydrogen (secondary N) is 2. The van der Waals surface area contributed by atoms with Gasteiger partial charge in [-0.15, -0.1) is 0 Å². The number of amides is 1. The molecule has 3 aliphatic carbocycles. The van der Waals surface area contributed by atoms with Gasteiger partial charge in [-0.3, -0.25) is 9.59 Å². The highest BCUT2D eigenvalue weighted by molar-refractivity contribution is 5.84. The van der Waals surface area contributed by atoms with E-state index < -0.39 is 12.1 Å². The summed E-state index contributed by atoms with van der Waals surface area (Å²) >= 11 is 0. The van der Waals surface area contributed by atoms with Crippen LogP contribution in [0.3, 0.4) is 0 Å². The molecule has 1 aliphatic heterocycles. The van der Waals surface area contributed by atoms with Crippen LogP contribution in [0.4, 0.5) is 0 Å². The van der Waals surface area contributed by atoms with Crippen molar-refractivity contribution in [2.45, 2.75) is 88.9 Å². The van der Waals surface area contributed by atoms with E-state index in [1.807, 2.05) is 4.90 Å². The number of nitrogens with two attached hydrogens (primary N) is 1. The third-order valence-electron chi connectivity index (χ3n) is 9.69. The number of piperidine rings is 1. The van der Waals surface area contributed by atoms with Crippen LogP contribution in [0, 0.1) is 40.4 Å². The Kier molecular flexibility index (Phi) is 7.10. The van der Waals surface area contributed by atoms with Gasteiger partial charge in [0.2, 0.25) is 5.91 Å². The fraction of sp³-hybridized carbons (Fsp3) is 0.778. The highest BCUT2D eigenvalue weighted by Gasteiger charge is 2.62. The average molecular weight is 497 g/mol. The molecule has 196 valence electrons. The van der Waals surface area contributed by atoms with Gasteiger partial charge in [-0.2, -0.15) is 5.26 Å². The van der Waals surface area contributed by atoms with E-state index in [9.17, 15) is 14.9 Å². The minimum Gasteiger partial charge on any atom is -0.465 e. The highest BCUT2D eigenvalue weighted by Crippen LogP contribution is 2.56. The lowest BCUT2D eigenvalue weighted by atomic mass is 9.55. The van der Waals surface area contributed by atoms with E-state index in [2.05, 4.69) is 28.3 Å². The number of esters is 1. The Balaban J connectivity index is 1.19. The second kappa shape index (κ2) is 10.1. The van der Waals surface area contributed by atoms with E-state index in [-0.39, 0.29) is 29.4 Å². The normalized spacial score (nSPS) is 36.4. The summed E-state index contributed by atoms with van der Waals surface area (Å²) in [4.78, 5) is 35.4. The molecule has 1 amide bonds. The van der Waals surface area contributed by atoms with Gasteiger partial charge in [-0.1, -0.05) is 19.8 Å². The third kappa shape index (κ3) is 4.66. The van der Waals surface area contributed by atoms with E-state index in [0.717, 1.165) is 50.8 Å². The van der Waals surface area contributed by atoms with Gasteiger partial charge in [0.15, 0.2) is 0 Å². The van der Waals surface area contributed by atoms with Crippen molar-refractivity contribution in [3.05, 3.63) is 18.2 Å². The number of H-pyrrole nitrogens is 1. The topological polar surface area (TPSA) is 137 Å². The lowest BCUT2D eigenvalue weighted by Crippen LogP contribution is -2.58. The standard InChI is InChI=1S/C27H40N6O3/c1-16-20-11-19(15-28)33(23(16)20)25(34)24(29)27-6-3-4-17(13-27)10-18(14-27)5-9-36-26(35)21(30-2)12-22-31-7-8-32-22/h7-8,16-21,23-24,30H,3-6,9-14,29H2,1-2H3,(H,31,32). The molecule has 4 N–H and O–H groups in total. The fourth-order valence-corrected chi connectivity index (χ4v) is 7.75. The van der Waals surface area contributed by atoms with Crippen LogP contribution in [-0.4, -0.2) is 64.6 Å². The summed E-state index contributed by atoms with van der Waals surface area (Å²) in [5, 5.41) is 12.7. The van der Waals surface area contributed by atoms with Crippen LogP contribution >= 0.6 is 0 Å². The van der Waals surface area contributed by atoms with Crippen molar-refractivity contribution in [3.8, 4) is 6.07 Å². The number of imidazole rings is 1. The first-order valence-corrected chi connectivity index (χ1v) is 13.7. The van der Waals surface area contributed by atoms with Crippen molar-refractivity contribution < 1.29 is 14.3 Å². The number of rotatable bonds is 9. The molecule has 0 aromatic carbocycles. The highest BCUT2D eigenvalue weighted by atomic mass is 16.5. The van der Waals surface area contributed by atoms with Gasteiger partial charge < -0.3 is 25.7 Å². The SMILES string of the molecule is CNC(Cc1ncc[nH]1)C(=O)OCCC1CC2CCCC(C(N)C(=O)N3C(C#N)CC4C(C)C43)(C2)C1. The zero-order valence-electron chi connectivity index (χ0n) is 21.5. The van der Waals surface area contributed by atoms with Crippen molar-refractivity contribution in [2.24, 2.45) is 34.8 Å². The van der Waals surface area contributed by atoms with Gasteiger partial charge >= 0.3 is 5.97 Å². The zero-order valence-corrected chi connectivity index (χ0v) is 21.5. The summed E-state index contributed by atoms with van der Waals surface area (Å²) in [7, 11) is 1.75. The molecular weight excluding hydrogens is 456 g/mol. The molecule has 1 aromatic heterocycles. The molecule has 0 radical (unpaired) electrons. The van der Waals surface area contributed by atoms with Crippen molar-refractivity contribution in [1.82, 2.24) is 20.2 Å². The van der Waals surface area contributed by atoms with E-state index >= 15 is 0 Å². The number of aromatic amines is 1. The lowest BCUT2D eigenvalue weighted by molar-refractivity contribution is -0.146. The predicted octanol–water partition coefficient (Wildman–Crippen LogP) is 2.15. The minimum absolute atomic E-state index is 0.0130. The van der Waals surface area contributed by atoms with Gasteiger partial charge in [0, 0.05) is 24.9 Å². The van der Waals surface area contributed by atoms with Crippen LogP contribution in [0.1, 0.15) is 64.1 Å². The van der Waals surface area contributed by atoms with Gasteiger partial charge in [-0.25, -0.2) is 4.98 Å². The first-order chi connectivity index (χ1) is 17.4. The number of ether oxygens (including phenoxy) is 1. The Morgan fingerprint density at radius 3 is 2.97 bits per heavy atom. The number of hydrogen-bond donors (Lipinski definition) is 3. The minimum atomic E-state index is -0.560. The van der Waals surface area contributed by atoms with E-state index in [0.29, 0.717) is 36.7 Å². The number of likely N-dealkylation sites (N-methyl/N-ethyl adjacent to an activating group) is 1. The number of nitrogens with zero attached hydrogens (tertiary/aromatic N) is 3. The second-order valence-electron chi connectivity index (χ2n) is 11.8. The number of hydrogen-bond acceptors (Lipinski definition) is 7. The quantitative estimate of drug-likeness (QED) is 0.446. The van der Waals surface area contributed by atoms with E-state index in [1.54, 1.807) is 19.4 Å². The fourth-order valence-electron chi connectivity index (χ4n) is 7.75. The molecule has 3 saturated carbocycles. The Hall–Kier alpha value is -2.44. The number of likely N-dealkylation sites (tertiary alicyclic amines) is 1. The summed E-state index contributed by atoms with van der Waals surface area (Å²) in [6.07, 6.45) is 11.7. The maximum absolute atomic E-state index is 13.7. The molecule has 5 rings (SSSR count). The van der Waals surface area contributed by atoms with Crippen LogP contribution in [0.25, 0.3) is 0 Å². The van der Waals surface area contributed by atoms with Crippen molar-refractivity contribution in [2.75, 3.05) is 13.7 Å². The molecule has 2 bridgehead atoms. The predicted molar refractivity (Wildman–Crippen MR) is 133 cm³/mol. The summed E-state index contributed by atoms with van der Waals surface area (Å²) < 4.78 is 5.67. The molecule has 4 aliphatic rings. The molecule has 9 heteroatoms. The van der Waals surface area contributed by atoms with E-state index in [1.165, 1.54) is 6.42 Å². The Labute approximate surface area is 213 Å². The summed E-state index contributed by atoms with van der Waals surface area (Å²) in [6.45, 7) is 2.55.